The van der Waals surface area contributed by atoms with Crippen molar-refractivity contribution in [1.29, 1.82) is 0 Å². The van der Waals surface area contributed by atoms with E-state index < -0.39 is 16.1 Å². The molecule has 94 valence electrons. The maximum Gasteiger partial charge on any atom is 0.319 e. The van der Waals surface area contributed by atoms with Crippen LogP contribution >= 0.6 is 34.8 Å². The summed E-state index contributed by atoms with van der Waals surface area (Å²) in [5.74, 6) is 0. The monoisotopic (exact) mass is 288 g/mol. The second kappa shape index (κ2) is 5.63. The number of urea groups is 1. The molecule has 0 heterocycles. The van der Waals surface area contributed by atoms with Crippen LogP contribution in [0.5, 0.6) is 0 Å². The van der Waals surface area contributed by atoms with Gasteiger partial charge in [-0.15, -0.1) is 0 Å². The van der Waals surface area contributed by atoms with Gasteiger partial charge in [-0.1, -0.05) is 47.6 Å². The Bertz CT molecular complexity index is 252. The maximum atomic E-state index is 11.7. The fraction of sp³-hybridized carbons (Fsp3) is 0.889. The van der Waals surface area contributed by atoms with Crippen LogP contribution in [0.3, 0.4) is 0 Å². The molecule has 0 aromatic heterocycles. The molecule has 0 radical (unpaired) electrons. The molecular formula is C9H15Cl3N2O2. The summed E-state index contributed by atoms with van der Waals surface area (Å²) in [5, 5.41) is 12.4. The molecule has 0 spiro atoms. The first kappa shape index (κ1) is 14.2. The molecule has 1 saturated carbocycles. The van der Waals surface area contributed by atoms with Gasteiger partial charge in [-0.05, 0) is 12.8 Å². The highest BCUT2D eigenvalue weighted by Gasteiger charge is 2.36. The highest BCUT2D eigenvalue weighted by molar-refractivity contribution is 6.68. The van der Waals surface area contributed by atoms with Crippen LogP contribution < -0.4 is 5.32 Å². The van der Waals surface area contributed by atoms with Crippen LogP contribution in [-0.4, -0.2) is 39.1 Å². The highest BCUT2D eigenvalue weighted by atomic mass is 35.6. The Morgan fingerprint density at radius 1 is 1.44 bits per heavy atom. The summed E-state index contributed by atoms with van der Waals surface area (Å²) in [6.07, 6.45) is 2.69. The molecule has 1 unspecified atom stereocenters. The number of amides is 2. The first-order chi connectivity index (χ1) is 7.32. The van der Waals surface area contributed by atoms with Crippen molar-refractivity contribution in [1.82, 2.24) is 10.2 Å². The van der Waals surface area contributed by atoms with Gasteiger partial charge in [0.15, 0.2) is 6.23 Å². The van der Waals surface area contributed by atoms with E-state index in [0.29, 0.717) is 0 Å². The van der Waals surface area contributed by atoms with Gasteiger partial charge in [-0.25, -0.2) is 4.79 Å². The van der Waals surface area contributed by atoms with E-state index in [-0.39, 0.29) is 6.04 Å². The number of aliphatic hydroxyl groups is 1. The number of alkyl halides is 3. The number of halogens is 3. The molecule has 2 amide bonds. The third-order valence-corrected chi connectivity index (χ3v) is 3.25. The minimum absolute atomic E-state index is 0.164. The lowest BCUT2D eigenvalue weighted by Crippen LogP contribution is -2.51. The number of hydrogen-bond donors (Lipinski definition) is 2. The lowest BCUT2D eigenvalue weighted by atomic mass is 10.2. The molecule has 4 nitrogen and oxygen atoms in total. The van der Waals surface area contributed by atoms with E-state index in [1.54, 1.807) is 0 Å². The fourth-order valence-corrected chi connectivity index (χ4v) is 2.12. The molecule has 1 aliphatic rings. The SMILES string of the molecule is CN(C(=O)NC1CCCC1)C(O)C(Cl)(Cl)Cl. The number of carbonyl (C=O) groups is 1. The van der Waals surface area contributed by atoms with Crippen LogP contribution in [0.1, 0.15) is 25.7 Å². The van der Waals surface area contributed by atoms with Crippen molar-refractivity contribution >= 4 is 40.8 Å². The van der Waals surface area contributed by atoms with Gasteiger partial charge in [0.1, 0.15) is 0 Å². The molecule has 2 N–H and O–H groups in total. The Morgan fingerprint density at radius 3 is 2.38 bits per heavy atom. The minimum Gasteiger partial charge on any atom is -0.369 e. The topological polar surface area (TPSA) is 52.6 Å². The molecule has 0 aromatic rings. The summed E-state index contributed by atoms with van der Waals surface area (Å²) in [7, 11) is 1.39. The van der Waals surface area contributed by atoms with Crippen molar-refractivity contribution in [2.45, 2.75) is 41.7 Å². The Kier molecular flexibility index (Phi) is 4.98. The first-order valence-corrected chi connectivity index (χ1v) is 6.24. The van der Waals surface area contributed by atoms with E-state index in [4.69, 9.17) is 34.8 Å². The Morgan fingerprint density at radius 2 is 1.94 bits per heavy atom. The van der Waals surface area contributed by atoms with Crippen molar-refractivity contribution < 1.29 is 9.90 Å². The number of nitrogens with one attached hydrogen (secondary N) is 1. The van der Waals surface area contributed by atoms with Gasteiger partial charge in [0.25, 0.3) is 0 Å². The van der Waals surface area contributed by atoms with Gasteiger partial charge in [0.2, 0.25) is 3.79 Å². The lowest BCUT2D eigenvalue weighted by Gasteiger charge is -2.29. The van der Waals surface area contributed by atoms with Crippen LogP contribution in [0, 0.1) is 0 Å². The molecule has 1 aliphatic carbocycles. The van der Waals surface area contributed by atoms with Crippen molar-refractivity contribution in [2.24, 2.45) is 0 Å². The lowest BCUT2D eigenvalue weighted by molar-refractivity contribution is 0.0488. The molecular weight excluding hydrogens is 274 g/mol. The molecule has 1 atom stereocenters. The third-order valence-electron chi connectivity index (χ3n) is 2.66. The van der Waals surface area contributed by atoms with E-state index in [0.717, 1.165) is 30.6 Å². The predicted octanol–water partition coefficient (Wildman–Crippen LogP) is 2.26. The summed E-state index contributed by atoms with van der Waals surface area (Å²) in [6, 6.07) is -0.261. The molecule has 0 bridgehead atoms. The summed E-state index contributed by atoms with van der Waals surface area (Å²) < 4.78 is -1.90. The van der Waals surface area contributed by atoms with Gasteiger partial charge in [0, 0.05) is 13.1 Å². The number of hydrogen-bond acceptors (Lipinski definition) is 2. The van der Waals surface area contributed by atoms with Crippen molar-refractivity contribution in [3.05, 3.63) is 0 Å². The number of nitrogens with zero attached hydrogens (tertiary/aromatic N) is 1. The minimum atomic E-state index is -1.90. The zero-order chi connectivity index (χ0) is 12.3. The Balaban J connectivity index is 2.46. The van der Waals surface area contributed by atoms with Crippen LogP contribution in [0.2, 0.25) is 0 Å². The quantitative estimate of drug-likeness (QED) is 0.605. The number of aliphatic hydroxyl groups excluding tert-OH is 1. The third kappa shape index (κ3) is 3.84. The van der Waals surface area contributed by atoms with Crippen LogP contribution in [0.15, 0.2) is 0 Å². The second-order valence-corrected chi connectivity index (χ2v) is 6.33. The van der Waals surface area contributed by atoms with Crippen LogP contribution in [-0.2, 0) is 0 Å². The van der Waals surface area contributed by atoms with E-state index in [9.17, 15) is 9.90 Å². The molecule has 0 aliphatic heterocycles. The smallest absolute Gasteiger partial charge is 0.319 e. The maximum absolute atomic E-state index is 11.7. The Labute approximate surface area is 110 Å². The second-order valence-electron chi connectivity index (χ2n) is 3.96. The average molecular weight is 290 g/mol. The van der Waals surface area contributed by atoms with Crippen molar-refractivity contribution in [2.75, 3.05) is 7.05 Å². The van der Waals surface area contributed by atoms with Crippen molar-refractivity contribution in [3.63, 3.8) is 0 Å². The van der Waals surface area contributed by atoms with E-state index in [1.165, 1.54) is 7.05 Å². The van der Waals surface area contributed by atoms with Crippen LogP contribution in [0.4, 0.5) is 4.79 Å². The summed E-state index contributed by atoms with van der Waals surface area (Å²) in [6.45, 7) is 0. The molecule has 7 heteroatoms. The molecule has 0 saturated heterocycles. The normalized spacial score (nSPS) is 19.6. The van der Waals surface area contributed by atoms with E-state index in [1.807, 2.05) is 0 Å². The van der Waals surface area contributed by atoms with Gasteiger partial charge in [-0.2, -0.15) is 0 Å². The van der Waals surface area contributed by atoms with Crippen LogP contribution in [0.25, 0.3) is 0 Å². The molecule has 0 aromatic carbocycles. The highest BCUT2D eigenvalue weighted by Crippen LogP contribution is 2.31. The molecule has 16 heavy (non-hydrogen) atoms. The van der Waals surface area contributed by atoms with Gasteiger partial charge >= 0.3 is 6.03 Å². The first-order valence-electron chi connectivity index (χ1n) is 5.10. The predicted molar refractivity (Wildman–Crippen MR) is 64.8 cm³/mol. The zero-order valence-corrected chi connectivity index (χ0v) is 11.2. The van der Waals surface area contributed by atoms with Gasteiger partial charge in [-0.3, -0.25) is 4.90 Å². The summed E-state index contributed by atoms with van der Waals surface area (Å²) in [4.78, 5) is 12.7. The fourth-order valence-electron chi connectivity index (χ4n) is 1.68. The van der Waals surface area contributed by atoms with E-state index >= 15 is 0 Å². The summed E-state index contributed by atoms with van der Waals surface area (Å²) in [5.41, 5.74) is 0. The molecule has 1 fully saturated rings. The van der Waals surface area contributed by atoms with E-state index in [2.05, 4.69) is 5.32 Å². The number of carbonyl (C=O) groups excluding carboxylic acids is 1. The average Bonchev–Trinajstić information content (AvgIpc) is 2.66. The molecule has 1 rings (SSSR count). The Hall–Kier alpha value is 0.1000. The van der Waals surface area contributed by atoms with Gasteiger partial charge < -0.3 is 10.4 Å². The van der Waals surface area contributed by atoms with Crippen molar-refractivity contribution in [3.8, 4) is 0 Å². The van der Waals surface area contributed by atoms with Gasteiger partial charge in [0.05, 0.1) is 0 Å². The zero-order valence-electron chi connectivity index (χ0n) is 8.92. The summed E-state index contributed by atoms with van der Waals surface area (Å²) >= 11 is 16.5. The number of rotatable bonds is 2. The largest absolute Gasteiger partial charge is 0.369 e. The standard InChI is InChI=1S/C9H15Cl3N2O2/c1-14(7(15)9(10,11)12)8(16)13-6-4-2-3-5-6/h6-7,15H,2-5H2,1H3,(H,13,16).